The van der Waals surface area contributed by atoms with Crippen LogP contribution in [0.2, 0.25) is 0 Å². The Morgan fingerprint density at radius 2 is 1.95 bits per heavy atom. The Balaban J connectivity index is 2.58. The molecule has 0 heterocycles. The predicted octanol–water partition coefficient (Wildman–Crippen LogP) is 2.50. The topological polar surface area (TPSA) is 52.6 Å². The predicted molar refractivity (Wildman–Crippen MR) is 82.7 cm³/mol. The molecule has 0 radical (unpaired) electrons. The fraction of sp³-hybridized carbons (Fsp3) is 0.562. The Labute approximate surface area is 121 Å². The Bertz CT molecular complexity index is 412. The summed E-state index contributed by atoms with van der Waals surface area (Å²) in [6.45, 7) is 6.25. The summed E-state index contributed by atoms with van der Waals surface area (Å²) in [7, 11) is 1.92. The lowest BCUT2D eigenvalue weighted by molar-refractivity contribution is -0.121. The van der Waals surface area contributed by atoms with Gasteiger partial charge >= 0.3 is 0 Å². The molecule has 0 aliphatic carbocycles. The molecule has 0 aliphatic heterocycles. The van der Waals surface area contributed by atoms with Crippen LogP contribution in [0.5, 0.6) is 0 Å². The van der Waals surface area contributed by atoms with Crippen LogP contribution >= 0.6 is 0 Å². The van der Waals surface area contributed by atoms with Crippen LogP contribution in [0.1, 0.15) is 33.6 Å². The van der Waals surface area contributed by atoms with Crippen LogP contribution < -0.4 is 5.32 Å². The molecule has 4 nitrogen and oxygen atoms in total. The molecule has 0 spiro atoms. The largest absolute Gasteiger partial charge is 0.390 e. The van der Waals surface area contributed by atoms with Crippen molar-refractivity contribution in [2.75, 3.05) is 18.9 Å². The van der Waals surface area contributed by atoms with Gasteiger partial charge in [-0.1, -0.05) is 25.1 Å². The highest BCUT2D eigenvalue weighted by molar-refractivity contribution is 5.94. The average molecular weight is 278 g/mol. The molecular formula is C16H26N2O2. The molecule has 0 saturated heterocycles. The summed E-state index contributed by atoms with van der Waals surface area (Å²) in [6, 6.07) is 9.28. The lowest BCUT2D eigenvalue weighted by Crippen LogP contribution is -2.43. The van der Waals surface area contributed by atoms with E-state index in [2.05, 4.69) is 5.32 Å². The summed E-state index contributed by atoms with van der Waals surface area (Å²) in [4.78, 5) is 14.3. The number of aliphatic hydroxyl groups is 1. The second kappa shape index (κ2) is 7.41. The Kier molecular flexibility index (Phi) is 6.17. The van der Waals surface area contributed by atoms with Crippen molar-refractivity contribution in [1.29, 1.82) is 0 Å². The number of nitrogens with one attached hydrogen (secondary N) is 1. The molecule has 4 heteroatoms. The minimum absolute atomic E-state index is 0.00283. The summed E-state index contributed by atoms with van der Waals surface area (Å²) in [5, 5.41) is 12.7. The van der Waals surface area contributed by atoms with Crippen LogP contribution in [0, 0.1) is 0 Å². The molecule has 1 amide bonds. The molecule has 20 heavy (non-hydrogen) atoms. The van der Waals surface area contributed by atoms with Gasteiger partial charge in [-0.2, -0.15) is 0 Å². The number of nitrogens with zero attached hydrogens (tertiary/aromatic N) is 1. The molecule has 1 rings (SSSR count). The van der Waals surface area contributed by atoms with Crippen molar-refractivity contribution in [3.63, 3.8) is 0 Å². The molecule has 1 atom stereocenters. The van der Waals surface area contributed by atoms with Gasteiger partial charge in [0.25, 0.3) is 0 Å². The van der Waals surface area contributed by atoms with Crippen molar-refractivity contribution in [2.24, 2.45) is 0 Å². The molecule has 1 aromatic carbocycles. The monoisotopic (exact) mass is 278 g/mol. The van der Waals surface area contributed by atoms with E-state index in [4.69, 9.17) is 0 Å². The Hall–Kier alpha value is -1.39. The third kappa shape index (κ3) is 5.72. The molecular weight excluding hydrogens is 252 g/mol. The normalized spacial score (nSPS) is 13.3. The van der Waals surface area contributed by atoms with Crippen LogP contribution in [0.3, 0.4) is 0 Å². The first-order valence-corrected chi connectivity index (χ1v) is 7.12. The van der Waals surface area contributed by atoms with Crippen LogP contribution in [0.15, 0.2) is 30.3 Å². The number of rotatable bonds is 7. The second-order valence-electron chi connectivity index (χ2n) is 5.82. The van der Waals surface area contributed by atoms with Gasteiger partial charge in [-0.25, -0.2) is 0 Å². The Morgan fingerprint density at radius 3 is 2.45 bits per heavy atom. The molecule has 2 N–H and O–H groups in total. The maximum atomic E-state index is 12.3. The smallest absolute Gasteiger partial charge is 0.241 e. The minimum Gasteiger partial charge on any atom is -0.390 e. The summed E-state index contributed by atoms with van der Waals surface area (Å²) in [5.74, 6) is -0.00283. The van der Waals surface area contributed by atoms with Crippen molar-refractivity contribution in [3.8, 4) is 0 Å². The first kappa shape index (κ1) is 16.7. The highest BCUT2D eigenvalue weighted by Crippen LogP contribution is 2.13. The van der Waals surface area contributed by atoms with Crippen molar-refractivity contribution < 1.29 is 9.90 Å². The molecule has 0 aromatic heterocycles. The fourth-order valence-electron chi connectivity index (χ4n) is 2.05. The zero-order chi connectivity index (χ0) is 15.2. The molecule has 0 fully saturated rings. The van der Waals surface area contributed by atoms with Gasteiger partial charge in [-0.15, -0.1) is 0 Å². The number of anilines is 1. The van der Waals surface area contributed by atoms with Gasteiger partial charge in [0.05, 0.1) is 11.6 Å². The highest BCUT2D eigenvalue weighted by Gasteiger charge is 2.23. The van der Waals surface area contributed by atoms with E-state index in [1.54, 1.807) is 13.8 Å². The SMILES string of the molecule is CC[C@@H](C(=O)Nc1ccccc1)N(C)CCC(C)(C)O. The minimum atomic E-state index is -0.706. The standard InChI is InChI=1S/C16H26N2O2/c1-5-14(18(4)12-11-16(2,3)20)15(19)17-13-9-7-6-8-10-13/h6-10,14,20H,5,11-12H2,1-4H3,(H,17,19)/t14-/m0/s1. The van der Waals surface area contributed by atoms with Gasteiger partial charge in [0.2, 0.25) is 5.91 Å². The van der Waals surface area contributed by atoms with E-state index in [-0.39, 0.29) is 11.9 Å². The summed E-state index contributed by atoms with van der Waals surface area (Å²) >= 11 is 0. The second-order valence-corrected chi connectivity index (χ2v) is 5.82. The summed E-state index contributed by atoms with van der Waals surface area (Å²) in [5.41, 5.74) is 0.106. The lowest BCUT2D eigenvalue weighted by atomic mass is 10.0. The van der Waals surface area contributed by atoms with Gasteiger partial charge in [-0.05, 0) is 45.9 Å². The summed E-state index contributed by atoms with van der Waals surface area (Å²) in [6.07, 6.45) is 1.37. The third-order valence-corrected chi connectivity index (χ3v) is 3.34. The molecule has 1 aromatic rings. The number of carbonyl (C=O) groups excluding carboxylic acids is 1. The number of carbonyl (C=O) groups is 1. The van der Waals surface area contributed by atoms with Crippen LogP contribution in [-0.2, 0) is 4.79 Å². The van der Waals surface area contributed by atoms with E-state index >= 15 is 0 Å². The van der Waals surface area contributed by atoms with E-state index in [0.717, 1.165) is 12.1 Å². The lowest BCUT2D eigenvalue weighted by Gasteiger charge is -2.28. The fourth-order valence-corrected chi connectivity index (χ4v) is 2.05. The van der Waals surface area contributed by atoms with Gasteiger partial charge in [0, 0.05) is 12.2 Å². The van der Waals surface area contributed by atoms with Gasteiger partial charge in [0.15, 0.2) is 0 Å². The zero-order valence-electron chi connectivity index (χ0n) is 12.9. The molecule has 0 aliphatic rings. The number of hydrogen-bond donors (Lipinski definition) is 2. The van der Waals surface area contributed by atoms with Crippen LogP contribution in [-0.4, -0.2) is 41.1 Å². The Morgan fingerprint density at radius 1 is 1.35 bits per heavy atom. The van der Waals surface area contributed by atoms with Crippen molar-refractivity contribution in [3.05, 3.63) is 30.3 Å². The van der Waals surface area contributed by atoms with Crippen molar-refractivity contribution in [2.45, 2.75) is 45.3 Å². The van der Waals surface area contributed by atoms with Gasteiger partial charge in [-0.3, -0.25) is 9.69 Å². The zero-order valence-corrected chi connectivity index (χ0v) is 12.9. The maximum Gasteiger partial charge on any atom is 0.241 e. The summed E-state index contributed by atoms with van der Waals surface area (Å²) < 4.78 is 0. The first-order chi connectivity index (χ1) is 9.33. The first-order valence-electron chi connectivity index (χ1n) is 7.12. The van der Waals surface area contributed by atoms with Gasteiger partial charge < -0.3 is 10.4 Å². The number of benzene rings is 1. The molecule has 0 saturated carbocycles. The van der Waals surface area contributed by atoms with E-state index in [1.807, 2.05) is 49.2 Å². The average Bonchev–Trinajstić information content (AvgIpc) is 2.37. The maximum absolute atomic E-state index is 12.3. The molecule has 112 valence electrons. The van der Waals surface area contributed by atoms with Crippen molar-refractivity contribution in [1.82, 2.24) is 4.90 Å². The van der Waals surface area contributed by atoms with Crippen LogP contribution in [0.4, 0.5) is 5.69 Å². The van der Waals surface area contributed by atoms with Crippen molar-refractivity contribution >= 4 is 11.6 Å². The van der Waals surface area contributed by atoms with Crippen LogP contribution in [0.25, 0.3) is 0 Å². The van der Waals surface area contributed by atoms with E-state index in [0.29, 0.717) is 13.0 Å². The van der Waals surface area contributed by atoms with Gasteiger partial charge in [0.1, 0.15) is 0 Å². The van der Waals surface area contributed by atoms with E-state index < -0.39 is 5.60 Å². The van der Waals surface area contributed by atoms with E-state index in [1.165, 1.54) is 0 Å². The number of hydrogen-bond acceptors (Lipinski definition) is 3. The molecule has 0 unspecified atom stereocenters. The number of likely N-dealkylation sites (N-methyl/N-ethyl adjacent to an activating group) is 1. The third-order valence-electron chi connectivity index (χ3n) is 3.34. The quantitative estimate of drug-likeness (QED) is 0.805. The van der Waals surface area contributed by atoms with E-state index in [9.17, 15) is 9.90 Å². The number of para-hydroxylation sites is 1. The number of amides is 1. The molecule has 0 bridgehead atoms. The highest BCUT2D eigenvalue weighted by atomic mass is 16.3.